The first kappa shape index (κ1) is 18.3. The van der Waals surface area contributed by atoms with Crippen molar-refractivity contribution in [3.05, 3.63) is 23.8 Å². The van der Waals surface area contributed by atoms with Crippen molar-refractivity contribution in [3.8, 4) is 0 Å². The SMILES string of the molecule is CCC(/C=C(C)/C=C/C=O)CO[Si](C)(C)C(C)(C)C. The van der Waals surface area contributed by atoms with Crippen molar-refractivity contribution >= 4 is 14.6 Å². The van der Waals surface area contributed by atoms with Crippen molar-refractivity contribution in [3.63, 3.8) is 0 Å². The zero-order valence-corrected chi connectivity index (χ0v) is 14.6. The van der Waals surface area contributed by atoms with Gasteiger partial charge in [0, 0.05) is 6.61 Å². The molecule has 0 fully saturated rings. The van der Waals surface area contributed by atoms with Crippen LogP contribution < -0.4 is 0 Å². The van der Waals surface area contributed by atoms with Gasteiger partial charge in [-0.3, -0.25) is 4.79 Å². The summed E-state index contributed by atoms with van der Waals surface area (Å²) < 4.78 is 6.25. The van der Waals surface area contributed by atoms with Crippen LogP contribution in [0.15, 0.2) is 23.8 Å². The highest BCUT2D eigenvalue weighted by atomic mass is 28.4. The zero-order valence-electron chi connectivity index (χ0n) is 13.6. The van der Waals surface area contributed by atoms with E-state index in [1.165, 1.54) is 6.08 Å². The molecule has 0 heterocycles. The molecule has 1 unspecified atom stereocenters. The number of hydrogen-bond acceptors (Lipinski definition) is 2. The maximum atomic E-state index is 10.3. The Balaban J connectivity index is 4.60. The molecule has 0 rings (SSSR count). The number of allylic oxidation sites excluding steroid dienone is 3. The summed E-state index contributed by atoms with van der Waals surface area (Å²) in [4.78, 5) is 10.3. The van der Waals surface area contributed by atoms with Crippen molar-refractivity contribution in [2.75, 3.05) is 6.61 Å². The van der Waals surface area contributed by atoms with E-state index in [4.69, 9.17) is 4.43 Å². The first-order valence-corrected chi connectivity index (χ1v) is 9.99. The molecule has 0 radical (unpaired) electrons. The minimum Gasteiger partial charge on any atom is -0.416 e. The minimum atomic E-state index is -1.66. The van der Waals surface area contributed by atoms with Crippen molar-refractivity contribution < 1.29 is 9.22 Å². The van der Waals surface area contributed by atoms with Gasteiger partial charge in [0.1, 0.15) is 6.29 Å². The zero-order chi connectivity index (χ0) is 15.1. The third-order valence-corrected chi connectivity index (χ3v) is 8.43. The first-order chi connectivity index (χ1) is 8.64. The summed E-state index contributed by atoms with van der Waals surface area (Å²) in [6.45, 7) is 16.3. The maximum Gasteiger partial charge on any atom is 0.192 e. The van der Waals surface area contributed by atoms with Gasteiger partial charge in [0.2, 0.25) is 0 Å². The predicted octanol–water partition coefficient (Wildman–Crippen LogP) is 4.74. The molecule has 0 aliphatic heterocycles. The van der Waals surface area contributed by atoms with E-state index in [2.05, 4.69) is 46.9 Å². The van der Waals surface area contributed by atoms with Crippen molar-refractivity contribution in [2.45, 2.75) is 59.2 Å². The van der Waals surface area contributed by atoms with Crippen molar-refractivity contribution in [1.82, 2.24) is 0 Å². The molecule has 19 heavy (non-hydrogen) atoms. The van der Waals surface area contributed by atoms with Gasteiger partial charge in [0.05, 0.1) is 0 Å². The predicted molar refractivity (Wildman–Crippen MR) is 85.9 cm³/mol. The molecule has 110 valence electrons. The quantitative estimate of drug-likeness (QED) is 0.292. The summed E-state index contributed by atoms with van der Waals surface area (Å²) in [6.07, 6.45) is 7.45. The third kappa shape index (κ3) is 6.88. The number of rotatable bonds is 7. The smallest absolute Gasteiger partial charge is 0.192 e. The van der Waals surface area contributed by atoms with E-state index in [1.807, 2.05) is 13.0 Å². The monoisotopic (exact) mass is 282 g/mol. The molecule has 0 aliphatic carbocycles. The van der Waals surface area contributed by atoms with Crippen LogP contribution in [0.5, 0.6) is 0 Å². The Morgan fingerprint density at radius 2 is 1.89 bits per heavy atom. The van der Waals surface area contributed by atoms with Crippen molar-refractivity contribution in [2.24, 2.45) is 5.92 Å². The molecule has 0 spiro atoms. The lowest BCUT2D eigenvalue weighted by Crippen LogP contribution is -2.41. The summed E-state index contributed by atoms with van der Waals surface area (Å²) in [5, 5.41) is 0.251. The number of carbonyl (C=O) groups excluding carboxylic acids is 1. The Hall–Kier alpha value is -0.673. The second kappa shape index (κ2) is 7.80. The molecule has 0 saturated heterocycles. The number of hydrogen-bond donors (Lipinski definition) is 0. The van der Waals surface area contributed by atoms with Crippen LogP contribution in [0.25, 0.3) is 0 Å². The van der Waals surface area contributed by atoms with Gasteiger partial charge >= 0.3 is 0 Å². The van der Waals surface area contributed by atoms with Crippen LogP contribution in [-0.2, 0) is 9.22 Å². The van der Waals surface area contributed by atoms with Gasteiger partial charge in [0.15, 0.2) is 8.32 Å². The molecule has 3 heteroatoms. The van der Waals surface area contributed by atoms with E-state index in [9.17, 15) is 4.79 Å². The highest BCUT2D eigenvalue weighted by Crippen LogP contribution is 2.36. The summed E-state index contributed by atoms with van der Waals surface area (Å²) >= 11 is 0. The van der Waals surface area contributed by atoms with Gasteiger partial charge in [-0.25, -0.2) is 0 Å². The van der Waals surface area contributed by atoms with Crippen LogP contribution in [0.3, 0.4) is 0 Å². The molecule has 0 aromatic rings. The molecule has 0 aromatic carbocycles. The average Bonchev–Trinajstić information content (AvgIpc) is 2.30. The standard InChI is InChI=1S/C16H30O2Si/c1-8-15(12-14(2)10-9-11-17)13-18-19(6,7)16(3,4)5/h9-12,15H,8,13H2,1-7H3/b10-9+,14-12+. The molecule has 0 aliphatic rings. The van der Waals surface area contributed by atoms with Gasteiger partial charge < -0.3 is 4.43 Å². The minimum absolute atomic E-state index is 0.251. The maximum absolute atomic E-state index is 10.3. The Morgan fingerprint density at radius 3 is 2.32 bits per heavy atom. The Kier molecular flexibility index (Phi) is 7.53. The van der Waals surface area contributed by atoms with E-state index in [0.29, 0.717) is 5.92 Å². The first-order valence-electron chi connectivity index (χ1n) is 7.08. The molecule has 1 atom stereocenters. The van der Waals surface area contributed by atoms with Crippen LogP contribution in [0.1, 0.15) is 41.0 Å². The topological polar surface area (TPSA) is 26.3 Å². The van der Waals surface area contributed by atoms with Crippen LogP contribution in [-0.4, -0.2) is 21.2 Å². The van der Waals surface area contributed by atoms with Gasteiger partial charge in [-0.05, 0) is 43.5 Å². The van der Waals surface area contributed by atoms with E-state index in [1.54, 1.807) is 0 Å². The van der Waals surface area contributed by atoms with Gasteiger partial charge in [-0.15, -0.1) is 0 Å². The highest BCUT2D eigenvalue weighted by Gasteiger charge is 2.37. The highest BCUT2D eigenvalue weighted by molar-refractivity contribution is 6.74. The fourth-order valence-electron chi connectivity index (χ4n) is 1.43. The molecule has 2 nitrogen and oxygen atoms in total. The Morgan fingerprint density at radius 1 is 1.32 bits per heavy atom. The van der Waals surface area contributed by atoms with E-state index in [-0.39, 0.29) is 5.04 Å². The second-order valence-electron chi connectivity index (χ2n) is 6.65. The molecular weight excluding hydrogens is 252 g/mol. The fourth-order valence-corrected chi connectivity index (χ4v) is 2.50. The lowest BCUT2D eigenvalue weighted by Gasteiger charge is -2.37. The number of aldehydes is 1. The summed E-state index contributed by atoms with van der Waals surface area (Å²) in [5.41, 5.74) is 1.12. The second-order valence-corrected chi connectivity index (χ2v) is 11.5. The van der Waals surface area contributed by atoms with Gasteiger partial charge in [-0.2, -0.15) is 0 Å². The largest absolute Gasteiger partial charge is 0.416 e. The molecule has 0 saturated carbocycles. The molecule has 0 amide bonds. The van der Waals surface area contributed by atoms with Crippen LogP contribution in [0.4, 0.5) is 0 Å². The normalized spacial score (nSPS) is 15.8. The molecular formula is C16H30O2Si. The fraction of sp³-hybridized carbons (Fsp3) is 0.688. The summed E-state index contributed by atoms with van der Waals surface area (Å²) in [6, 6.07) is 0. The molecule has 0 aromatic heterocycles. The van der Waals surface area contributed by atoms with Crippen LogP contribution in [0, 0.1) is 5.92 Å². The van der Waals surface area contributed by atoms with Crippen LogP contribution in [0.2, 0.25) is 18.1 Å². The average molecular weight is 282 g/mol. The van der Waals surface area contributed by atoms with E-state index in [0.717, 1.165) is 24.9 Å². The molecule has 0 N–H and O–H groups in total. The van der Waals surface area contributed by atoms with E-state index >= 15 is 0 Å². The Labute approximate surface area is 120 Å². The lowest BCUT2D eigenvalue weighted by atomic mass is 10.0. The summed E-state index contributed by atoms with van der Waals surface area (Å²) in [7, 11) is -1.66. The van der Waals surface area contributed by atoms with Gasteiger partial charge in [0.25, 0.3) is 0 Å². The molecule has 0 bridgehead atoms. The third-order valence-electron chi connectivity index (χ3n) is 3.93. The van der Waals surface area contributed by atoms with Gasteiger partial charge in [-0.1, -0.05) is 45.4 Å². The van der Waals surface area contributed by atoms with Crippen LogP contribution >= 0.6 is 0 Å². The lowest BCUT2D eigenvalue weighted by molar-refractivity contribution is -0.104. The van der Waals surface area contributed by atoms with Crippen molar-refractivity contribution in [1.29, 1.82) is 0 Å². The van der Waals surface area contributed by atoms with E-state index < -0.39 is 8.32 Å². The number of carbonyl (C=O) groups is 1. The summed E-state index contributed by atoms with van der Waals surface area (Å²) in [5.74, 6) is 0.422. The Bertz CT molecular complexity index is 335.